The number of carbonyl (C=O) groups excluding carboxylic acids is 2. The molecule has 0 unspecified atom stereocenters. The minimum atomic E-state index is -0.730. The molecule has 22 heavy (non-hydrogen) atoms. The quantitative estimate of drug-likeness (QED) is 0.824. The summed E-state index contributed by atoms with van der Waals surface area (Å²) in [6.45, 7) is 1.67. The topological polar surface area (TPSA) is 90.3 Å². The molecule has 2 aromatic rings. The van der Waals surface area contributed by atoms with Crippen molar-refractivity contribution in [2.75, 3.05) is 7.11 Å². The molecule has 0 radical (unpaired) electrons. The highest BCUT2D eigenvalue weighted by Crippen LogP contribution is 2.24. The fourth-order valence-electron chi connectivity index (χ4n) is 2.79. The zero-order valence-electron chi connectivity index (χ0n) is 12.3. The molecule has 0 aliphatic carbocycles. The van der Waals surface area contributed by atoms with Crippen LogP contribution in [0.1, 0.15) is 24.7 Å². The van der Waals surface area contributed by atoms with Crippen molar-refractivity contribution in [1.29, 1.82) is 0 Å². The Bertz CT molecular complexity index is 841. The van der Waals surface area contributed by atoms with Crippen LogP contribution in [0.5, 0.6) is 5.75 Å². The summed E-state index contributed by atoms with van der Waals surface area (Å²) in [6, 6.07) is 4.42. The van der Waals surface area contributed by atoms with Crippen molar-refractivity contribution >= 4 is 22.7 Å². The number of benzene rings is 1. The monoisotopic (exact) mass is 301 g/mol. The van der Waals surface area contributed by atoms with E-state index in [4.69, 9.17) is 4.74 Å². The molecule has 2 heterocycles. The van der Waals surface area contributed by atoms with Crippen molar-refractivity contribution in [2.24, 2.45) is 0 Å². The Balaban J connectivity index is 2.24. The Morgan fingerprint density at radius 2 is 2.09 bits per heavy atom. The van der Waals surface area contributed by atoms with Gasteiger partial charge in [-0.1, -0.05) is 6.07 Å². The van der Waals surface area contributed by atoms with Crippen LogP contribution in [0.2, 0.25) is 0 Å². The van der Waals surface area contributed by atoms with Crippen molar-refractivity contribution in [1.82, 2.24) is 14.9 Å². The van der Waals surface area contributed by atoms with Crippen LogP contribution in [0.4, 0.5) is 0 Å². The van der Waals surface area contributed by atoms with Crippen molar-refractivity contribution in [3.63, 3.8) is 0 Å². The van der Waals surface area contributed by atoms with E-state index in [2.05, 4.69) is 10.3 Å². The van der Waals surface area contributed by atoms with E-state index in [1.165, 1.54) is 11.7 Å². The number of nitrogens with zero attached hydrogens (tertiary/aromatic N) is 2. The SMILES string of the molecule is COc1cccc2nc(C)n([C@@H]3CCC(=O)NC3=O)c(=O)c12. The molecule has 1 aromatic heterocycles. The second-order valence-corrected chi connectivity index (χ2v) is 5.16. The molecule has 2 amide bonds. The van der Waals surface area contributed by atoms with Crippen LogP contribution in [0.3, 0.4) is 0 Å². The first-order valence-electron chi connectivity index (χ1n) is 6.92. The summed E-state index contributed by atoms with van der Waals surface area (Å²) >= 11 is 0. The Morgan fingerprint density at radius 1 is 1.32 bits per heavy atom. The third-order valence-corrected chi connectivity index (χ3v) is 3.81. The number of methoxy groups -OCH3 is 1. The predicted octanol–water partition coefficient (Wildman–Crippen LogP) is 0.691. The van der Waals surface area contributed by atoms with Gasteiger partial charge in [-0.15, -0.1) is 0 Å². The van der Waals surface area contributed by atoms with E-state index in [0.29, 0.717) is 22.5 Å². The average molecular weight is 301 g/mol. The minimum absolute atomic E-state index is 0.201. The van der Waals surface area contributed by atoms with E-state index in [-0.39, 0.29) is 24.3 Å². The smallest absolute Gasteiger partial charge is 0.265 e. The molecule has 1 fully saturated rings. The Kier molecular flexibility index (Phi) is 3.40. The van der Waals surface area contributed by atoms with Crippen LogP contribution < -0.4 is 15.6 Å². The summed E-state index contributed by atoms with van der Waals surface area (Å²) < 4.78 is 6.57. The van der Waals surface area contributed by atoms with Gasteiger partial charge >= 0.3 is 0 Å². The number of carbonyl (C=O) groups is 2. The van der Waals surface area contributed by atoms with E-state index in [1.807, 2.05) is 0 Å². The van der Waals surface area contributed by atoms with Crippen LogP contribution in [0.25, 0.3) is 10.9 Å². The molecule has 0 saturated carbocycles. The molecule has 1 N–H and O–H groups in total. The predicted molar refractivity (Wildman–Crippen MR) is 78.7 cm³/mol. The van der Waals surface area contributed by atoms with Crippen LogP contribution in [-0.2, 0) is 9.59 Å². The number of imide groups is 1. The number of aromatic nitrogens is 2. The van der Waals surface area contributed by atoms with Crippen molar-refractivity contribution in [3.8, 4) is 5.75 Å². The van der Waals surface area contributed by atoms with Gasteiger partial charge in [0.2, 0.25) is 11.8 Å². The number of nitrogens with one attached hydrogen (secondary N) is 1. The summed E-state index contributed by atoms with van der Waals surface area (Å²) in [5.41, 5.74) is 0.180. The van der Waals surface area contributed by atoms with E-state index in [0.717, 1.165) is 0 Å². The maximum absolute atomic E-state index is 12.8. The first kappa shape index (κ1) is 14.2. The highest BCUT2D eigenvalue weighted by molar-refractivity contribution is 5.99. The molecular formula is C15H15N3O4. The van der Waals surface area contributed by atoms with Crippen molar-refractivity contribution in [3.05, 3.63) is 34.4 Å². The highest BCUT2D eigenvalue weighted by Gasteiger charge is 2.30. The van der Waals surface area contributed by atoms with Gasteiger partial charge in [0.25, 0.3) is 5.56 Å². The number of hydrogen-bond donors (Lipinski definition) is 1. The molecule has 7 heteroatoms. The van der Waals surface area contributed by atoms with Crippen LogP contribution >= 0.6 is 0 Å². The van der Waals surface area contributed by atoms with E-state index in [1.54, 1.807) is 25.1 Å². The Labute approximate surface area is 125 Å². The molecule has 1 aliphatic heterocycles. The zero-order chi connectivity index (χ0) is 15.9. The number of aryl methyl sites for hydroxylation is 1. The normalized spacial score (nSPS) is 18.4. The van der Waals surface area contributed by atoms with Crippen LogP contribution in [0, 0.1) is 6.92 Å². The number of hydrogen-bond acceptors (Lipinski definition) is 5. The lowest BCUT2D eigenvalue weighted by molar-refractivity contribution is -0.135. The zero-order valence-corrected chi connectivity index (χ0v) is 12.3. The molecule has 1 atom stereocenters. The van der Waals surface area contributed by atoms with E-state index < -0.39 is 11.9 Å². The van der Waals surface area contributed by atoms with Gasteiger partial charge in [-0.3, -0.25) is 24.3 Å². The molecular weight excluding hydrogens is 286 g/mol. The van der Waals surface area contributed by atoms with E-state index >= 15 is 0 Å². The lowest BCUT2D eigenvalue weighted by Crippen LogP contribution is -2.45. The average Bonchev–Trinajstić information content (AvgIpc) is 2.48. The lowest BCUT2D eigenvalue weighted by Gasteiger charge is -2.24. The summed E-state index contributed by atoms with van der Waals surface area (Å²) in [7, 11) is 1.48. The number of rotatable bonds is 2. The second kappa shape index (κ2) is 5.25. The lowest BCUT2D eigenvalue weighted by atomic mass is 10.1. The molecule has 1 aliphatic rings. The Morgan fingerprint density at radius 3 is 2.77 bits per heavy atom. The summed E-state index contributed by atoms with van der Waals surface area (Å²) in [6.07, 6.45) is 0.486. The highest BCUT2D eigenvalue weighted by atomic mass is 16.5. The molecule has 1 saturated heterocycles. The fourth-order valence-corrected chi connectivity index (χ4v) is 2.79. The van der Waals surface area contributed by atoms with E-state index in [9.17, 15) is 14.4 Å². The summed E-state index contributed by atoms with van der Waals surface area (Å²) in [5.74, 6) is 0.0482. The molecule has 7 nitrogen and oxygen atoms in total. The van der Waals surface area contributed by atoms with Gasteiger partial charge < -0.3 is 4.74 Å². The first-order chi connectivity index (χ1) is 10.5. The molecule has 3 rings (SSSR count). The maximum atomic E-state index is 12.8. The number of fused-ring (bicyclic) bond motifs is 1. The van der Waals surface area contributed by atoms with Gasteiger partial charge in [-0.05, 0) is 25.5 Å². The summed E-state index contributed by atoms with van der Waals surface area (Å²) in [5, 5.41) is 2.60. The number of ether oxygens (including phenoxy) is 1. The van der Waals surface area contributed by atoms with Crippen LogP contribution in [0.15, 0.2) is 23.0 Å². The molecule has 0 spiro atoms. The molecule has 114 valence electrons. The fraction of sp³-hybridized carbons (Fsp3) is 0.333. The first-order valence-corrected chi connectivity index (χ1v) is 6.92. The number of amides is 2. The third kappa shape index (κ3) is 2.14. The second-order valence-electron chi connectivity index (χ2n) is 5.16. The van der Waals surface area contributed by atoms with Gasteiger partial charge in [0.15, 0.2) is 0 Å². The van der Waals surface area contributed by atoms with Crippen LogP contribution in [-0.4, -0.2) is 28.5 Å². The largest absolute Gasteiger partial charge is 0.496 e. The van der Waals surface area contributed by atoms with Gasteiger partial charge in [0, 0.05) is 6.42 Å². The number of piperidine rings is 1. The minimum Gasteiger partial charge on any atom is -0.496 e. The van der Waals surface area contributed by atoms with Gasteiger partial charge in [-0.25, -0.2) is 4.98 Å². The third-order valence-electron chi connectivity index (χ3n) is 3.81. The van der Waals surface area contributed by atoms with Gasteiger partial charge in [-0.2, -0.15) is 0 Å². The van der Waals surface area contributed by atoms with Crippen molar-refractivity contribution in [2.45, 2.75) is 25.8 Å². The maximum Gasteiger partial charge on any atom is 0.265 e. The van der Waals surface area contributed by atoms with Crippen molar-refractivity contribution < 1.29 is 14.3 Å². The van der Waals surface area contributed by atoms with Gasteiger partial charge in [0.05, 0.1) is 12.6 Å². The Hall–Kier alpha value is -2.70. The van der Waals surface area contributed by atoms with Gasteiger partial charge in [0.1, 0.15) is 23.0 Å². The standard InChI is InChI=1S/C15H15N3O4/c1-8-16-9-4-3-5-11(22-2)13(9)15(21)18(8)10-6-7-12(19)17-14(10)20/h3-5,10H,6-7H2,1-2H3,(H,17,19,20)/t10-/m1/s1. The molecule has 1 aromatic carbocycles. The molecule has 0 bridgehead atoms. The summed E-state index contributed by atoms with van der Waals surface area (Å²) in [4.78, 5) is 40.6.